The summed E-state index contributed by atoms with van der Waals surface area (Å²) in [5.74, 6) is 0. The standard InChI is InChI=1S/C22H44Cl2O2/c1-3-5-7-9-11-13-15-21(23)19-25-17-18-26-20-22(24)16-14-12-10-8-6-4-2/h21-22H,3-20H2,1-2H3. The van der Waals surface area contributed by atoms with Crippen LogP contribution in [0.15, 0.2) is 0 Å². The third kappa shape index (κ3) is 20.8. The molecule has 0 aliphatic rings. The van der Waals surface area contributed by atoms with Crippen LogP contribution >= 0.6 is 23.2 Å². The number of unbranched alkanes of at least 4 members (excludes halogenated alkanes) is 10. The maximum absolute atomic E-state index is 6.30. The Labute approximate surface area is 173 Å². The largest absolute Gasteiger partial charge is 0.378 e. The van der Waals surface area contributed by atoms with Crippen molar-refractivity contribution >= 4 is 23.2 Å². The molecule has 0 aromatic rings. The molecule has 158 valence electrons. The zero-order valence-corrected chi connectivity index (χ0v) is 19.0. The van der Waals surface area contributed by atoms with Gasteiger partial charge in [0.05, 0.1) is 37.2 Å². The molecule has 0 aromatic carbocycles. The van der Waals surface area contributed by atoms with Crippen LogP contribution in [0.3, 0.4) is 0 Å². The fourth-order valence-corrected chi connectivity index (χ4v) is 3.49. The lowest BCUT2D eigenvalue weighted by Crippen LogP contribution is -2.15. The van der Waals surface area contributed by atoms with Crippen molar-refractivity contribution in [2.24, 2.45) is 0 Å². The quantitative estimate of drug-likeness (QED) is 0.142. The molecule has 0 saturated carbocycles. The summed E-state index contributed by atoms with van der Waals surface area (Å²) >= 11 is 12.6. The third-order valence-electron chi connectivity index (χ3n) is 4.71. The van der Waals surface area contributed by atoms with Gasteiger partial charge in [0.2, 0.25) is 0 Å². The number of rotatable bonds is 21. The van der Waals surface area contributed by atoms with Gasteiger partial charge in [0.1, 0.15) is 0 Å². The van der Waals surface area contributed by atoms with E-state index < -0.39 is 0 Å². The van der Waals surface area contributed by atoms with Crippen LogP contribution in [0.25, 0.3) is 0 Å². The topological polar surface area (TPSA) is 18.5 Å². The highest BCUT2D eigenvalue weighted by Crippen LogP contribution is 2.13. The van der Waals surface area contributed by atoms with E-state index in [1.807, 2.05) is 0 Å². The van der Waals surface area contributed by atoms with Crippen LogP contribution in [0.4, 0.5) is 0 Å². The first-order valence-electron chi connectivity index (χ1n) is 11.1. The van der Waals surface area contributed by atoms with Crippen molar-refractivity contribution in [3.05, 3.63) is 0 Å². The fourth-order valence-electron chi connectivity index (χ4n) is 3.00. The molecule has 4 heteroatoms. The van der Waals surface area contributed by atoms with Gasteiger partial charge in [-0.1, -0.05) is 90.9 Å². The molecular weight excluding hydrogens is 367 g/mol. The van der Waals surface area contributed by atoms with E-state index in [0.29, 0.717) is 26.4 Å². The molecule has 0 bridgehead atoms. The molecule has 2 atom stereocenters. The van der Waals surface area contributed by atoms with Crippen molar-refractivity contribution < 1.29 is 9.47 Å². The van der Waals surface area contributed by atoms with E-state index in [9.17, 15) is 0 Å². The number of halogens is 2. The second-order valence-electron chi connectivity index (χ2n) is 7.46. The minimum absolute atomic E-state index is 0.134. The number of hydrogen-bond acceptors (Lipinski definition) is 2. The minimum Gasteiger partial charge on any atom is -0.378 e. The summed E-state index contributed by atoms with van der Waals surface area (Å²) in [7, 11) is 0. The highest BCUT2D eigenvalue weighted by Gasteiger charge is 2.06. The van der Waals surface area contributed by atoms with Crippen LogP contribution in [0, 0.1) is 0 Å². The normalized spacial score (nSPS) is 13.8. The van der Waals surface area contributed by atoms with Gasteiger partial charge in [-0.3, -0.25) is 0 Å². The fraction of sp³-hybridized carbons (Fsp3) is 1.00. The van der Waals surface area contributed by atoms with Gasteiger partial charge in [-0.2, -0.15) is 0 Å². The molecule has 0 radical (unpaired) electrons. The molecule has 0 saturated heterocycles. The van der Waals surface area contributed by atoms with E-state index in [2.05, 4.69) is 13.8 Å². The molecule has 26 heavy (non-hydrogen) atoms. The maximum atomic E-state index is 6.30. The molecule has 0 spiro atoms. The summed E-state index contributed by atoms with van der Waals surface area (Å²) in [6, 6.07) is 0. The van der Waals surface area contributed by atoms with Gasteiger partial charge in [-0.05, 0) is 12.8 Å². The number of ether oxygens (including phenoxy) is 2. The Hall–Kier alpha value is 0.500. The molecule has 0 aliphatic carbocycles. The molecule has 2 nitrogen and oxygen atoms in total. The van der Waals surface area contributed by atoms with E-state index in [1.165, 1.54) is 77.0 Å². The molecule has 0 aliphatic heterocycles. The van der Waals surface area contributed by atoms with E-state index >= 15 is 0 Å². The summed E-state index contributed by atoms with van der Waals surface area (Å²) in [4.78, 5) is 0. The van der Waals surface area contributed by atoms with Crippen molar-refractivity contribution in [1.82, 2.24) is 0 Å². The lowest BCUT2D eigenvalue weighted by molar-refractivity contribution is 0.0467. The lowest BCUT2D eigenvalue weighted by Gasteiger charge is -2.12. The molecule has 0 fully saturated rings. The van der Waals surface area contributed by atoms with Crippen LogP contribution in [-0.4, -0.2) is 37.2 Å². The van der Waals surface area contributed by atoms with Gasteiger partial charge >= 0.3 is 0 Å². The number of hydrogen-bond donors (Lipinski definition) is 0. The second-order valence-corrected chi connectivity index (χ2v) is 8.69. The third-order valence-corrected chi connectivity index (χ3v) is 5.40. The Balaban J connectivity index is 3.25. The van der Waals surface area contributed by atoms with Crippen LogP contribution in [0.2, 0.25) is 0 Å². The van der Waals surface area contributed by atoms with E-state index in [-0.39, 0.29) is 10.8 Å². The summed E-state index contributed by atoms with van der Waals surface area (Å²) in [5, 5.41) is 0.268. The van der Waals surface area contributed by atoms with E-state index in [1.54, 1.807) is 0 Å². The Bertz CT molecular complexity index is 239. The van der Waals surface area contributed by atoms with E-state index in [4.69, 9.17) is 32.7 Å². The molecule has 0 N–H and O–H groups in total. The predicted octanol–water partition coefficient (Wildman–Crippen LogP) is 7.74. The van der Waals surface area contributed by atoms with E-state index in [0.717, 1.165) is 12.8 Å². The van der Waals surface area contributed by atoms with Gasteiger partial charge in [0.25, 0.3) is 0 Å². The van der Waals surface area contributed by atoms with Crippen molar-refractivity contribution in [3.8, 4) is 0 Å². The molecule has 0 amide bonds. The van der Waals surface area contributed by atoms with Crippen molar-refractivity contribution in [2.75, 3.05) is 26.4 Å². The van der Waals surface area contributed by atoms with Gasteiger partial charge < -0.3 is 9.47 Å². The van der Waals surface area contributed by atoms with Gasteiger partial charge in [-0.25, -0.2) is 0 Å². The molecular formula is C22H44Cl2O2. The van der Waals surface area contributed by atoms with Gasteiger partial charge in [-0.15, -0.1) is 23.2 Å². The Morgan fingerprint density at radius 3 is 1.27 bits per heavy atom. The van der Waals surface area contributed by atoms with Crippen molar-refractivity contribution in [3.63, 3.8) is 0 Å². The summed E-state index contributed by atoms with van der Waals surface area (Å²) in [6.45, 7) is 6.97. The average molecular weight is 411 g/mol. The average Bonchev–Trinajstić information content (AvgIpc) is 2.63. The molecule has 0 aromatic heterocycles. The highest BCUT2D eigenvalue weighted by molar-refractivity contribution is 6.20. The molecule has 2 unspecified atom stereocenters. The van der Waals surface area contributed by atoms with Crippen molar-refractivity contribution in [1.29, 1.82) is 0 Å². The SMILES string of the molecule is CCCCCCCCC(Cl)COCCOCC(Cl)CCCCCCCC. The van der Waals surface area contributed by atoms with Gasteiger partial charge in [0.15, 0.2) is 0 Å². The monoisotopic (exact) mass is 410 g/mol. The van der Waals surface area contributed by atoms with Crippen LogP contribution < -0.4 is 0 Å². The Kier molecular flexibility index (Phi) is 22.2. The minimum atomic E-state index is 0.134. The number of alkyl halides is 2. The second kappa shape index (κ2) is 21.8. The van der Waals surface area contributed by atoms with Gasteiger partial charge in [0, 0.05) is 0 Å². The first-order chi connectivity index (χ1) is 12.7. The summed E-state index contributed by atoms with van der Waals surface area (Å²) in [5.41, 5.74) is 0. The first kappa shape index (κ1) is 26.5. The Morgan fingerprint density at radius 2 is 0.885 bits per heavy atom. The van der Waals surface area contributed by atoms with Crippen LogP contribution in [-0.2, 0) is 9.47 Å². The van der Waals surface area contributed by atoms with Crippen LogP contribution in [0.5, 0.6) is 0 Å². The summed E-state index contributed by atoms with van der Waals surface area (Å²) in [6.07, 6.45) is 17.8. The maximum Gasteiger partial charge on any atom is 0.0701 e. The van der Waals surface area contributed by atoms with Crippen LogP contribution in [0.1, 0.15) is 104 Å². The molecule has 0 rings (SSSR count). The smallest absolute Gasteiger partial charge is 0.0701 e. The highest BCUT2D eigenvalue weighted by atomic mass is 35.5. The Morgan fingerprint density at radius 1 is 0.538 bits per heavy atom. The van der Waals surface area contributed by atoms with Crippen molar-refractivity contribution in [2.45, 2.75) is 114 Å². The molecule has 0 heterocycles. The predicted molar refractivity (Wildman–Crippen MR) is 117 cm³/mol. The zero-order chi connectivity index (χ0) is 19.3. The zero-order valence-electron chi connectivity index (χ0n) is 17.5. The lowest BCUT2D eigenvalue weighted by atomic mass is 10.1. The summed E-state index contributed by atoms with van der Waals surface area (Å²) < 4.78 is 11.2. The first-order valence-corrected chi connectivity index (χ1v) is 12.0.